The van der Waals surface area contributed by atoms with Crippen LogP contribution >= 0.6 is 0 Å². The Balaban J connectivity index is 2.41. The molecule has 1 heterocycles. The van der Waals surface area contributed by atoms with Crippen molar-refractivity contribution in [2.75, 3.05) is 39.3 Å². The Bertz CT molecular complexity index is 262. The molecule has 2 amide bonds. The fourth-order valence-corrected chi connectivity index (χ4v) is 1.73. The molecule has 0 aromatic carbocycles. The van der Waals surface area contributed by atoms with Crippen molar-refractivity contribution in [1.82, 2.24) is 9.80 Å². The molecule has 92 valence electrons. The summed E-state index contributed by atoms with van der Waals surface area (Å²) in [6.07, 6.45) is 0. The van der Waals surface area contributed by atoms with Crippen molar-refractivity contribution in [3.8, 4) is 0 Å². The molecule has 1 rings (SSSR count). The number of carbonyl (C=O) groups is 2. The summed E-state index contributed by atoms with van der Waals surface area (Å²) in [6, 6.07) is 0. The molecule has 1 aliphatic heterocycles. The van der Waals surface area contributed by atoms with Gasteiger partial charge in [-0.15, -0.1) is 0 Å². The number of amides is 2. The largest absolute Gasteiger partial charge is 0.395 e. The molecule has 6 nitrogen and oxygen atoms in total. The zero-order valence-corrected chi connectivity index (χ0v) is 9.56. The standard InChI is InChI=1S/C10H19N3O3/c1-8(9(11)15)10(16)13-4-2-12(3-5-13)6-7-14/h8,14H,2-7H2,1H3,(H2,11,15). The van der Waals surface area contributed by atoms with Crippen LogP contribution in [0.2, 0.25) is 0 Å². The number of β-amino-alcohol motifs (C(OH)–C–C–N with tert-alkyl or cyclic N) is 1. The first-order chi connectivity index (χ1) is 7.56. The van der Waals surface area contributed by atoms with Gasteiger partial charge in [0.25, 0.3) is 0 Å². The molecule has 0 spiro atoms. The molecule has 3 N–H and O–H groups in total. The highest BCUT2D eigenvalue weighted by atomic mass is 16.3. The van der Waals surface area contributed by atoms with Crippen molar-refractivity contribution in [3.63, 3.8) is 0 Å². The Kier molecular flexibility index (Phi) is 4.70. The van der Waals surface area contributed by atoms with E-state index >= 15 is 0 Å². The third-order valence-corrected chi connectivity index (χ3v) is 2.90. The van der Waals surface area contributed by atoms with E-state index in [1.165, 1.54) is 6.92 Å². The van der Waals surface area contributed by atoms with Gasteiger partial charge in [0.1, 0.15) is 5.92 Å². The van der Waals surface area contributed by atoms with Gasteiger partial charge in [-0.2, -0.15) is 0 Å². The van der Waals surface area contributed by atoms with Crippen LogP contribution in [0.4, 0.5) is 0 Å². The quantitative estimate of drug-likeness (QED) is 0.559. The van der Waals surface area contributed by atoms with Crippen LogP contribution in [0.5, 0.6) is 0 Å². The molecule has 1 fully saturated rings. The molecule has 0 radical (unpaired) electrons. The van der Waals surface area contributed by atoms with Gasteiger partial charge >= 0.3 is 0 Å². The lowest BCUT2D eigenvalue weighted by Crippen LogP contribution is -2.51. The average molecular weight is 229 g/mol. The maximum Gasteiger partial charge on any atom is 0.234 e. The Hall–Kier alpha value is -1.14. The first-order valence-corrected chi connectivity index (χ1v) is 5.47. The molecule has 0 aliphatic carbocycles. The number of carbonyl (C=O) groups excluding carboxylic acids is 2. The molecule has 0 bridgehead atoms. The van der Waals surface area contributed by atoms with Crippen LogP contribution in [-0.2, 0) is 9.59 Å². The Morgan fingerprint density at radius 2 is 1.88 bits per heavy atom. The number of primary amides is 1. The average Bonchev–Trinajstić information content (AvgIpc) is 2.28. The Morgan fingerprint density at radius 1 is 1.31 bits per heavy atom. The summed E-state index contributed by atoms with van der Waals surface area (Å²) in [5, 5.41) is 8.77. The van der Waals surface area contributed by atoms with Crippen LogP contribution in [0.1, 0.15) is 6.92 Å². The van der Waals surface area contributed by atoms with Gasteiger partial charge in [0.2, 0.25) is 11.8 Å². The van der Waals surface area contributed by atoms with Crippen LogP contribution in [0.25, 0.3) is 0 Å². The number of hydrogen-bond acceptors (Lipinski definition) is 4. The summed E-state index contributed by atoms with van der Waals surface area (Å²) in [7, 11) is 0. The Morgan fingerprint density at radius 3 is 2.31 bits per heavy atom. The summed E-state index contributed by atoms with van der Waals surface area (Å²) in [5.41, 5.74) is 5.09. The van der Waals surface area contributed by atoms with Gasteiger partial charge in [0.15, 0.2) is 0 Å². The van der Waals surface area contributed by atoms with Crippen molar-refractivity contribution in [3.05, 3.63) is 0 Å². The van der Waals surface area contributed by atoms with Crippen molar-refractivity contribution in [1.29, 1.82) is 0 Å². The predicted octanol–water partition coefficient (Wildman–Crippen LogP) is -1.76. The highest BCUT2D eigenvalue weighted by molar-refractivity contribution is 5.99. The van der Waals surface area contributed by atoms with Gasteiger partial charge in [-0.25, -0.2) is 0 Å². The highest BCUT2D eigenvalue weighted by Gasteiger charge is 2.27. The number of aliphatic hydroxyl groups excluding tert-OH is 1. The highest BCUT2D eigenvalue weighted by Crippen LogP contribution is 2.06. The molecule has 1 aliphatic rings. The number of piperazine rings is 1. The van der Waals surface area contributed by atoms with Gasteiger partial charge in [0.05, 0.1) is 6.61 Å². The topological polar surface area (TPSA) is 86.9 Å². The SMILES string of the molecule is CC(C(N)=O)C(=O)N1CCN(CCO)CC1. The van der Waals surface area contributed by atoms with Gasteiger partial charge < -0.3 is 15.7 Å². The van der Waals surface area contributed by atoms with E-state index in [-0.39, 0.29) is 12.5 Å². The van der Waals surface area contributed by atoms with Crippen molar-refractivity contribution >= 4 is 11.8 Å². The maximum atomic E-state index is 11.8. The molecule has 6 heteroatoms. The van der Waals surface area contributed by atoms with E-state index in [1.54, 1.807) is 4.90 Å². The van der Waals surface area contributed by atoms with Crippen molar-refractivity contribution in [2.24, 2.45) is 11.7 Å². The number of aliphatic hydroxyl groups is 1. The molecule has 0 saturated carbocycles. The van der Waals surface area contributed by atoms with Crippen LogP contribution in [0, 0.1) is 5.92 Å². The molecular weight excluding hydrogens is 210 g/mol. The van der Waals surface area contributed by atoms with E-state index in [0.717, 1.165) is 13.1 Å². The van der Waals surface area contributed by atoms with Crippen LogP contribution in [0.15, 0.2) is 0 Å². The van der Waals surface area contributed by atoms with E-state index in [1.807, 2.05) is 0 Å². The summed E-state index contributed by atoms with van der Waals surface area (Å²) < 4.78 is 0. The molecule has 1 unspecified atom stereocenters. The second-order valence-electron chi connectivity index (χ2n) is 4.01. The minimum atomic E-state index is -0.746. The molecule has 0 aromatic rings. The van der Waals surface area contributed by atoms with E-state index < -0.39 is 11.8 Å². The lowest BCUT2D eigenvalue weighted by molar-refractivity contribution is -0.141. The number of nitrogens with two attached hydrogens (primary N) is 1. The second kappa shape index (κ2) is 5.81. The fraction of sp³-hybridized carbons (Fsp3) is 0.800. The van der Waals surface area contributed by atoms with Crippen molar-refractivity contribution in [2.45, 2.75) is 6.92 Å². The smallest absolute Gasteiger partial charge is 0.234 e. The van der Waals surface area contributed by atoms with E-state index in [9.17, 15) is 9.59 Å². The molecule has 0 aromatic heterocycles. The summed E-state index contributed by atoms with van der Waals surface area (Å²) in [5.74, 6) is -1.52. The number of rotatable bonds is 4. The molecule has 1 atom stereocenters. The normalized spacial score (nSPS) is 19.5. The van der Waals surface area contributed by atoms with Crippen molar-refractivity contribution < 1.29 is 14.7 Å². The third-order valence-electron chi connectivity index (χ3n) is 2.90. The zero-order valence-electron chi connectivity index (χ0n) is 9.56. The molecule has 16 heavy (non-hydrogen) atoms. The monoisotopic (exact) mass is 229 g/mol. The number of nitrogens with zero attached hydrogens (tertiary/aromatic N) is 2. The minimum absolute atomic E-state index is 0.131. The fourth-order valence-electron chi connectivity index (χ4n) is 1.73. The van der Waals surface area contributed by atoms with Crippen LogP contribution in [0.3, 0.4) is 0 Å². The third kappa shape index (κ3) is 3.18. The van der Waals surface area contributed by atoms with Gasteiger partial charge in [-0.3, -0.25) is 14.5 Å². The van der Waals surface area contributed by atoms with Gasteiger partial charge in [-0.05, 0) is 6.92 Å². The summed E-state index contributed by atoms with van der Waals surface area (Å²) >= 11 is 0. The first-order valence-electron chi connectivity index (χ1n) is 5.47. The van der Waals surface area contributed by atoms with Gasteiger partial charge in [-0.1, -0.05) is 0 Å². The lowest BCUT2D eigenvalue weighted by atomic mass is 10.1. The van der Waals surface area contributed by atoms with E-state index in [4.69, 9.17) is 10.8 Å². The molecule has 1 saturated heterocycles. The lowest BCUT2D eigenvalue weighted by Gasteiger charge is -2.35. The summed E-state index contributed by atoms with van der Waals surface area (Å²) in [4.78, 5) is 26.4. The van der Waals surface area contributed by atoms with E-state index in [2.05, 4.69) is 4.90 Å². The predicted molar refractivity (Wildman–Crippen MR) is 58.5 cm³/mol. The van der Waals surface area contributed by atoms with Crippen LogP contribution < -0.4 is 5.73 Å². The zero-order chi connectivity index (χ0) is 12.1. The molecular formula is C10H19N3O3. The second-order valence-corrected chi connectivity index (χ2v) is 4.01. The van der Waals surface area contributed by atoms with Crippen LogP contribution in [-0.4, -0.2) is 66.1 Å². The number of hydrogen-bond donors (Lipinski definition) is 2. The van der Waals surface area contributed by atoms with Gasteiger partial charge in [0, 0.05) is 32.7 Å². The Labute approximate surface area is 95.0 Å². The summed E-state index contributed by atoms with van der Waals surface area (Å²) in [6.45, 7) is 4.95. The first kappa shape index (κ1) is 12.9. The maximum absolute atomic E-state index is 11.8. The van der Waals surface area contributed by atoms with E-state index in [0.29, 0.717) is 19.6 Å². The minimum Gasteiger partial charge on any atom is -0.395 e.